The number of pyridine rings is 1. The molecule has 2 aromatic rings. The maximum Gasteiger partial charge on any atom is 0.358 e. The molecular formula is C18H17ClF2N2O2Si. The van der Waals surface area contributed by atoms with Gasteiger partial charge in [0.25, 0.3) is 0 Å². The number of methoxy groups -OCH3 is 1. The second-order valence-electron chi connectivity index (χ2n) is 6.41. The van der Waals surface area contributed by atoms with Crippen LogP contribution in [0.25, 0.3) is 0 Å². The monoisotopic (exact) mass is 394 g/mol. The van der Waals surface area contributed by atoms with Gasteiger partial charge in [0.2, 0.25) is 0 Å². The van der Waals surface area contributed by atoms with E-state index in [4.69, 9.17) is 11.6 Å². The number of ether oxygens (including phenoxy) is 1. The number of anilines is 2. The number of carbonyl (C=O) groups excluding carboxylic acids is 1. The summed E-state index contributed by atoms with van der Waals surface area (Å²) in [5.74, 6) is 0.264. The van der Waals surface area contributed by atoms with Crippen LogP contribution in [0, 0.1) is 23.1 Å². The lowest BCUT2D eigenvalue weighted by atomic mass is 10.2. The van der Waals surface area contributed by atoms with Gasteiger partial charge in [0.05, 0.1) is 12.8 Å². The molecule has 0 radical (unpaired) electrons. The molecule has 0 spiro atoms. The van der Waals surface area contributed by atoms with Crippen molar-refractivity contribution in [1.82, 2.24) is 4.98 Å². The summed E-state index contributed by atoms with van der Waals surface area (Å²) < 4.78 is 33.4. The number of aromatic nitrogens is 1. The number of nitrogens with zero attached hydrogens (tertiary/aromatic N) is 1. The summed E-state index contributed by atoms with van der Waals surface area (Å²) >= 11 is 6.04. The highest BCUT2D eigenvalue weighted by atomic mass is 35.5. The lowest BCUT2D eigenvalue weighted by molar-refractivity contribution is 0.0594. The topological polar surface area (TPSA) is 51.2 Å². The van der Waals surface area contributed by atoms with Gasteiger partial charge >= 0.3 is 5.97 Å². The van der Waals surface area contributed by atoms with Gasteiger partial charge in [-0.1, -0.05) is 49.3 Å². The first-order chi connectivity index (χ1) is 12.1. The molecule has 0 aliphatic carbocycles. The Morgan fingerprint density at radius 2 is 1.92 bits per heavy atom. The first-order valence-electron chi connectivity index (χ1n) is 7.66. The number of halogens is 3. The molecule has 0 atom stereocenters. The summed E-state index contributed by atoms with van der Waals surface area (Å²) in [6.07, 6.45) is 0. The van der Waals surface area contributed by atoms with E-state index < -0.39 is 25.7 Å². The Morgan fingerprint density at radius 1 is 1.27 bits per heavy atom. The third-order valence-electron chi connectivity index (χ3n) is 3.15. The van der Waals surface area contributed by atoms with Crippen molar-refractivity contribution < 1.29 is 18.3 Å². The van der Waals surface area contributed by atoms with E-state index in [0.717, 1.165) is 7.11 Å². The highest BCUT2D eigenvalue weighted by molar-refractivity contribution is 6.83. The van der Waals surface area contributed by atoms with Crippen LogP contribution in [0.4, 0.5) is 20.2 Å². The molecule has 2 rings (SSSR count). The number of nitrogens with one attached hydrogen (secondary N) is 1. The van der Waals surface area contributed by atoms with Crippen LogP contribution in [0.3, 0.4) is 0 Å². The Kier molecular flexibility index (Phi) is 6.00. The van der Waals surface area contributed by atoms with E-state index in [2.05, 4.69) is 26.5 Å². The Balaban J connectivity index is 2.64. The summed E-state index contributed by atoms with van der Waals surface area (Å²) in [6.45, 7) is 6.00. The van der Waals surface area contributed by atoms with Crippen LogP contribution >= 0.6 is 11.6 Å². The van der Waals surface area contributed by atoms with Gasteiger partial charge < -0.3 is 10.1 Å². The summed E-state index contributed by atoms with van der Waals surface area (Å²) in [6, 6.07) is 5.63. The number of benzene rings is 1. The maximum atomic E-state index is 14.8. The predicted octanol–water partition coefficient (Wildman–Crippen LogP) is 4.77. The van der Waals surface area contributed by atoms with E-state index in [1.165, 1.54) is 18.2 Å². The largest absolute Gasteiger partial charge is 0.464 e. The van der Waals surface area contributed by atoms with Crippen LogP contribution in [0.2, 0.25) is 24.7 Å². The van der Waals surface area contributed by atoms with Crippen LogP contribution in [0.15, 0.2) is 24.3 Å². The minimum atomic E-state index is -1.78. The molecule has 8 heteroatoms. The number of para-hydroxylation sites is 1. The Hall–Kier alpha value is -2.43. The molecule has 4 nitrogen and oxygen atoms in total. The minimum Gasteiger partial charge on any atom is -0.464 e. The van der Waals surface area contributed by atoms with Crippen LogP contribution in [-0.4, -0.2) is 26.1 Å². The van der Waals surface area contributed by atoms with E-state index in [1.54, 1.807) is 6.07 Å². The van der Waals surface area contributed by atoms with Crippen LogP contribution < -0.4 is 5.32 Å². The standard InChI is InChI=1S/C18H17ClF2N2O2Si/c1-25-18(24)17-16(22-12-8-6-5-7-11(12)20)15(21)14(19)13(23-17)9-10-26(2,3)4/h5-8,22H,1-4H3. The molecule has 0 unspecified atom stereocenters. The third kappa shape index (κ3) is 4.59. The second-order valence-corrected chi connectivity index (χ2v) is 11.5. The zero-order chi connectivity index (χ0) is 19.5. The smallest absolute Gasteiger partial charge is 0.358 e. The van der Waals surface area contributed by atoms with E-state index in [0.29, 0.717) is 0 Å². The summed E-state index contributed by atoms with van der Waals surface area (Å²) in [5.41, 5.74) is 2.18. The zero-order valence-electron chi connectivity index (χ0n) is 14.7. The normalized spacial score (nSPS) is 10.7. The van der Waals surface area contributed by atoms with Crippen LogP contribution in [0.5, 0.6) is 0 Å². The summed E-state index contributed by atoms with van der Waals surface area (Å²) in [5, 5.41) is 2.18. The first-order valence-corrected chi connectivity index (χ1v) is 11.5. The van der Waals surface area contributed by atoms with Gasteiger partial charge in [-0.15, -0.1) is 5.54 Å². The van der Waals surface area contributed by atoms with E-state index in [1.807, 2.05) is 19.6 Å². The van der Waals surface area contributed by atoms with E-state index in [-0.39, 0.29) is 27.8 Å². The van der Waals surface area contributed by atoms with Crippen molar-refractivity contribution in [2.75, 3.05) is 12.4 Å². The number of rotatable bonds is 3. The van der Waals surface area contributed by atoms with Crippen molar-refractivity contribution in [2.45, 2.75) is 19.6 Å². The third-order valence-corrected chi connectivity index (χ3v) is 4.37. The van der Waals surface area contributed by atoms with E-state index in [9.17, 15) is 13.6 Å². The minimum absolute atomic E-state index is 0.0321. The maximum absolute atomic E-state index is 14.8. The highest BCUT2D eigenvalue weighted by Crippen LogP contribution is 2.31. The summed E-state index contributed by atoms with van der Waals surface area (Å²) in [7, 11) is -0.643. The fourth-order valence-electron chi connectivity index (χ4n) is 1.92. The van der Waals surface area contributed by atoms with E-state index >= 15 is 0 Å². The van der Waals surface area contributed by atoms with Crippen molar-refractivity contribution in [3.63, 3.8) is 0 Å². The number of hydrogen-bond acceptors (Lipinski definition) is 4. The molecule has 0 fully saturated rings. The molecule has 0 aliphatic rings. The molecule has 1 aromatic heterocycles. The Labute approximate surface area is 156 Å². The van der Waals surface area contributed by atoms with Gasteiger partial charge in [-0.3, -0.25) is 0 Å². The van der Waals surface area contributed by atoms with Crippen molar-refractivity contribution in [3.8, 4) is 11.5 Å². The summed E-state index contributed by atoms with van der Waals surface area (Å²) in [4.78, 5) is 16.1. The molecule has 0 bridgehead atoms. The molecule has 0 saturated heterocycles. The molecule has 0 amide bonds. The second kappa shape index (κ2) is 7.85. The lowest BCUT2D eigenvalue weighted by Crippen LogP contribution is -2.17. The first kappa shape index (κ1) is 19.9. The van der Waals surface area contributed by atoms with Gasteiger partial charge in [-0.25, -0.2) is 18.6 Å². The fourth-order valence-corrected chi connectivity index (χ4v) is 2.60. The molecule has 0 aliphatic heterocycles. The molecule has 1 heterocycles. The average Bonchev–Trinajstić information content (AvgIpc) is 2.58. The molecule has 1 N–H and O–H groups in total. The van der Waals surface area contributed by atoms with Gasteiger partial charge in [0.1, 0.15) is 30.3 Å². The number of hydrogen-bond donors (Lipinski definition) is 1. The van der Waals surface area contributed by atoms with Crippen molar-refractivity contribution in [3.05, 3.63) is 52.3 Å². The lowest BCUT2D eigenvalue weighted by Gasteiger charge is -2.14. The van der Waals surface area contributed by atoms with Crippen LogP contribution in [0.1, 0.15) is 16.2 Å². The molecule has 0 saturated carbocycles. The van der Waals surface area contributed by atoms with Crippen molar-refractivity contribution >= 4 is 37.0 Å². The zero-order valence-corrected chi connectivity index (χ0v) is 16.5. The van der Waals surface area contributed by atoms with Gasteiger partial charge in [0.15, 0.2) is 11.5 Å². The molecule has 136 valence electrons. The SMILES string of the molecule is COC(=O)c1nc(C#C[Si](C)(C)C)c(Cl)c(F)c1Nc1ccccc1F. The number of esters is 1. The Morgan fingerprint density at radius 3 is 2.50 bits per heavy atom. The fraction of sp³-hybridized carbons (Fsp3) is 0.222. The molecular weight excluding hydrogens is 378 g/mol. The van der Waals surface area contributed by atoms with Crippen molar-refractivity contribution in [1.29, 1.82) is 0 Å². The highest BCUT2D eigenvalue weighted by Gasteiger charge is 2.24. The molecule has 1 aromatic carbocycles. The molecule has 26 heavy (non-hydrogen) atoms. The van der Waals surface area contributed by atoms with Gasteiger partial charge in [0, 0.05) is 0 Å². The van der Waals surface area contributed by atoms with Gasteiger partial charge in [-0.2, -0.15) is 0 Å². The quantitative estimate of drug-likeness (QED) is 0.462. The average molecular weight is 395 g/mol. The number of carbonyl (C=O) groups is 1. The van der Waals surface area contributed by atoms with Crippen LogP contribution in [-0.2, 0) is 4.74 Å². The predicted molar refractivity (Wildman–Crippen MR) is 100 cm³/mol. The Bertz CT molecular complexity index is 918. The van der Waals surface area contributed by atoms with Crippen molar-refractivity contribution in [2.24, 2.45) is 0 Å². The van der Waals surface area contributed by atoms with Gasteiger partial charge in [-0.05, 0) is 12.1 Å².